The zero-order valence-corrected chi connectivity index (χ0v) is 13.4. The van der Waals surface area contributed by atoms with Gasteiger partial charge in [-0.05, 0) is 23.4 Å². The molecule has 26 heavy (non-hydrogen) atoms. The molecule has 0 radical (unpaired) electrons. The van der Waals surface area contributed by atoms with Gasteiger partial charge in [0.1, 0.15) is 0 Å². The SMILES string of the molecule is FC(F)(F)c1cccc(-c2nnn(Cc3cccc4cccnc34)n2)c1. The van der Waals surface area contributed by atoms with Gasteiger partial charge in [0.15, 0.2) is 0 Å². The average molecular weight is 355 g/mol. The first-order valence-corrected chi connectivity index (χ1v) is 7.79. The van der Waals surface area contributed by atoms with E-state index in [4.69, 9.17) is 0 Å². The normalized spacial score (nSPS) is 11.8. The molecule has 0 amide bonds. The zero-order chi connectivity index (χ0) is 18.1. The molecule has 2 aromatic carbocycles. The molecule has 0 aliphatic carbocycles. The highest BCUT2D eigenvalue weighted by Gasteiger charge is 2.30. The zero-order valence-electron chi connectivity index (χ0n) is 13.4. The number of fused-ring (bicyclic) bond motifs is 1. The van der Waals surface area contributed by atoms with E-state index in [0.717, 1.165) is 28.6 Å². The highest BCUT2D eigenvalue weighted by atomic mass is 19.4. The third-order valence-electron chi connectivity index (χ3n) is 3.93. The standard InChI is InChI=1S/C18H12F3N5/c19-18(20,21)15-8-2-5-13(10-15)17-23-25-26(24-17)11-14-6-1-4-12-7-3-9-22-16(12)14/h1-10H,11H2. The maximum Gasteiger partial charge on any atom is 0.416 e. The van der Waals surface area contributed by atoms with Crippen molar-refractivity contribution in [3.8, 4) is 11.4 Å². The molecule has 0 fully saturated rings. The molecule has 0 saturated carbocycles. The topological polar surface area (TPSA) is 56.5 Å². The molecule has 4 aromatic rings. The lowest BCUT2D eigenvalue weighted by Crippen LogP contribution is -2.05. The van der Waals surface area contributed by atoms with E-state index in [1.165, 1.54) is 16.9 Å². The van der Waals surface area contributed by atoms with Crippen LogP contribution in [-0.4, -0.2) is 25.2 Å². The Labute approximate surface area is 146 Å². The van der Waals surface area contributed by atoms with E-state index in [1.54, 1.807) is 6.20 Å². The van der Waals surface area contributed by atoms with Gasteiger partial charge in [-0.2, -0.15) is 18.0 Å². The number of alkyl halides is 3. The minimum absolute atomic E-state index is 0.143. The number of para-hydroxylation sites is 1. The largest absolute Gasteiger partial charge is 0.416 e. The summed E-state index contributed by atoms with van der Waals surface area (Å²) in [7, 11) is 0. The van der Waals surface area contributed by atoms with Gasteiger partial charge < -0.3 is 0 Å². The van der Waals surface area contributed by atoms with E-state index >= 15 is 0 Å². The van der Waals surface area contributed by atoms with Crippen molar-refractivity contribution in [1.29, 1.82) is 0 Å². The number of aromatic nitrogens is 5. The number of nitrogens with zero attached hydrogens (tertiary/aromatic N) is 5. The van der Waals surface area contributed by atoms with Crippen LogP contribution in [0.2, 0.25) is 0 Å². The molecule has 0 unspecified atom stereocenters. The molecule has 0 aliphatic rings. The summed E-state index contributed by atoms with van der Waals surface area (Å²) in [6, 6.07) is 14.4. The minimum atomic E-state index is -4.42. The number of rotatable bonds is 3. The highest BCUT2D eigenvalue weighted by molar-refractivity contribution is 5.81. The second-order valence-corrected chi connectivity index (χ2v) is 5.71. The number of benzene rings is 2. The smallest absolute Gasteiger partial charge is 0.256 e. The summed E-state index contributed by atoms with van der Waals surface area (Å²) < 4.78 is 38.6. The van der Waals surface area contributed by atoms with Crippen LogP contribution in [0.4, 0.5) is 13.2 Å². The Hall–Kier alpha value is -3.29. The monoisotopic (exact) mass is 355 g/mol. The number of pyridine rings is 1. The van der Waals surface area contributed by atoms with Crippen molar-refractivity contribution in [3.63, 3.8) is 0 Å². The fourth-order valence-corrected chi connectivity index (χ4v) is 2.71. The van der Waals surface area contributed by atoms with Gasteiger partial charge in [-0.3, -0.25) is 4.98 Å². The lowest BCUT2D eigenvalue weighted by Gasteiger charge is -2.06. The van der Waals surface area contributed by atoms with Crippen molar-refractivity contribution in [2.45, 2.75) is 12.7 Å². The van der Waals surface area contributed by atoms with Gasteiger partial charge >= 0.3 is 6.18 Å². The lowest BCUT2D eigenvalue weighted by atomic mass is 10.1. The third kappa shape index (κ3) is 3.13. The maximum atomic E-state index is 12.9. The molecule has 0 aliphatic heterocycles. The van der Waals surface area contributed by atoms with Gasteiger partial charge in [0, 0.05) is 22.7 Å². The number of tetrazole rings is 1. The summed E-state index contributed by atoms with van der Waals surface area (Å²) >= 11 is 0. The van der Waals surface area contributed by atoms with Crippen molar-refractivity contribution in [3.05, 3.63) is 71.9 Å². The van der Waals surface area contributed by atoms with E-state index in [-0.39, 0.29) is 11.4 Å². The Balaban J connectivity index is 1.65. The first-order chi connectivity index (χ1) is 12.5. The van der Waals surface area contributed by atoms with Crippen LogP contribution in [0.25, 0.3) is 22.3 Å². The van der Waals surface area contributed by atoms with Crippen LogP contribution in [0.3, 0.4) is 0 Å². The second kappa shape index (κ2) is 6.21. The van der Waals surface area contributed by atoms with Crippen molar-refractivity contribution in [1.82, 2.24) is 25.2 Å². The molecule has 0 bridgehead atoms. The van der Waals surface area contributed by atoms with E-state index in [2.05, 4.69) is 20.4 Å². The second-order valence-electron chi connectivity index (χ2n) is 5.71. The Morgan fingerprint density at radius 3 is 2.62 bits per heavy atom. The van der Waals surface area contributed by atoms with Crippen LogP contribution in [0.5, 0.6) is 0 Å². The molecular weight excluding hydrogens is 343 g/mol. The number of hydrogen-bond acceptors (Lipinski definition) is 4. The third-order valence-corrected chi connectivity index (χ3v) is 3.93. The molecule has 0 atom stereocenters. The first kappa shape index (κ1) is 16.2. The van der Waals surface area contributed by atoms with Gasteiger partial charge in [-0.1, -0.05) is 36.4 Å². The van der Waals surface area contributed by atoms with Crippen LogP contribution < -0.4 is 0 Å². The molecule has 4 rings (SSSR count). The minimum Gasteiger partial charge on any atom is -0.256 e. The van der Waals surface area contributed by atoms with E-state index < -0.39 is 11.7 Å². The Bertz CT molecular complexity index is 1070. The first-order valence-electron chi connectivity index (χ1n) is 7.79. The summed E-state index contributed by atoms with van der Waals surface area (Å²) in [5.41, 5.74) is 1.25. The summed E-state index contributed by atoms with van der Waals surface area (Å²) in [5.74, 6) is 0.143. The quantitative estimate of drug-likeness (QED) is 0.558. The van der Waals surface area contributed by atoms with Crippen LogP contribution >= 0.6 is 0 Å². The lowest BCUT2D eigenvalue weighted by molar-refractivity contribution is -0.137. The molecule has 2 aromatic heterocycles. The fourth-order valence-electron chi connectivity index (χ4n) is 2.71. The van der Waals surface area contributed by atoms with Crippen molar-refractivity contribution >= 4 is 10.9 Å². The molecule has 0 spiro atoms. The molecule has 0 saturated heterocycles. The summed E-state index contributed by atoms with van der Waals surface area (Å²) in [4.78, 5) is 5.71. The van der Waals surface area contributed by atoms with Gasteiger partial charge in [-0.15, -0.1) is 10.2 Å². The van der Waals surface area contributed by atoms with Gasteiger partial charge in [0.25, 0.3) is 0 Å². The summed E-state index contributed by atoms with van der Waals surface area (Å²) in [5, 5.41) is 13.0. The average Bonchev–Trinajstić information content (AvgIpc) is 3.10. The van der Waals surface area contributed by atoms with Crippen molar-refractivity contribution in [2.75, 3.05) is 0 Å². The van der Waals surface area contributed by atoms with Gasteiger partial charge in [0.2, 0.25) is 5.82 Å². The highest BCUT2D eigenvalue weighted by Crippen LogP contribution is 2.31. The molecule has 130 valence electrons. The molecular formula is C18H12F3N5. The molecule has 8 heteroatoms. The Morgan fingerprint density at radius 2 is 1.77 bits per heavy atom. The van der Waals surface area contributed by atoms with Crippen LogP contribution in [0.1, 0.15) is 11.1 Å². The molecule has 2 heterocycles. The number of halogens is 3. The van der Waals surface area contributed by atoms with Gasteiger partial charge in [0.05, 0.1) is 17.6 Å². The van der Waals surface area contributed by atoms with Crippen molar-refractivity contribution < 1.29 is 13.2 Å². The van der Waals surface area contributed by atoms with Crippen LogP contribution in [0, 0.1) is 0 Å². The van der Waals surface area contributed by atoms with E-state index in [0.29, 0.717) is 6.54 Å². The van der Waals surface area contributed by atoms with E-state index in [9.17, 15) is 13.2 Å². The molecule has 0 N–H and O–H groups in total. The van der Waals surface area contributed by atoms with Crippen LogP contribution in [-0.2, 0) is 12.7 Å². The Kier molecular flexibility index (Phi) is 3.87. The predicted molar refractivity (Wildman–Crippen MR) is 89.1 cm³/mol. The summed E-state index contributed by atoms with van der Waals surface area (Å²) in [6.07, 6.45) is -2.71. The maximum absolute atomic E-state index is 12.9. The predicted octanol–water partition coefficient (Wildman–Crippen LogP) is 3.96. The van der Waals surface area contributed by atoms with Gasteiger partial charge in [-0.25, -0.2) is 0 Å². The van der Waals surface area contributed by atoms with Crippen molar-refractivity contribution in [2.24, 2.45) is 0 Å². The molecule has 5 nitrogen and oxygen atoms in total. The summed E-state index contributed by atoms with van der Waals surface area (Å²) in [6.45, 7) is 0.320. The fraction of sp³-hybridized carbons (Fsp3) is 0.111. The van der Waals surface area contributed by atoms with E-state index in [1.807, 2.05) is 30.3 Å². The Morgan fingerprint density at radius 1 is 0.962 bits per heavy atom. The number of hydrogen-bond donors (Lipinski definition) is 0. The van der Waals surface area contributed by atoms with Crippen LogP contribution in [0.15, 0.2) is 60.8 Å².